The largest absolute Gasteiger partial charge is 0.337 e. The first-order chi connectivity index (χ1) is 12.9. The average Bonchev–Trinajstić information content (AvgIpc) is 2.67. The van der Waals surface area contributed by atoms with Crippen molar-refractivity contribution in [1.82, 2.24) is 9.21 Å². The van der Waals surface area contributed by atoms with Crippen molar-refractivity contribution in [3.05, 3.63) is 71.0 Å². The Kier molecular flexibility index (Phi) is 5.94. The highest BCUT2D eigenvalue weighted by Gasteiger charge is 2.31. The van der Waals surface area contributed by atoms with Crippen molar-refractivity contribution in [3.63, 3.8) is 0 Å². The van der Waals surface area contributed by atoms with Crippen molar-refractivity contribution < 1.29 is 17.6 Å². The summed E-state index contributed by atoms with van der Waals surface area (Å²) in [6, 6.07) is 12.4. The normalized spacial score (nSPS) is 16.0. The first kappa shape index (κ1) is 19.5. The molecule has 1 saturated heterocycles. The van der Waals surface area contributed by atoms with Gasteiger partial charge in [0.2, 0.25) is 15.9 Å². The predicted octanol–water partition coefficient (Wildman–Crippen LogP) is 3.03. The molecule has 27 heavy (non-hydrogen) atoms. The van der Waals surface area contributed by atoms with Gasteiger partial charge in [0.1, 0.15) is 10.7 Å². The summed E-state index contributed by atoms with van der Waals surface area (Å²) < 4.78 is 40.2. The van der Waals surface area contributed by atoms with E-state index in [-0.39, 0.29) is 37.0 Å². The van der Waals surface area contributed by atoms with Crippen LogP contribution in [-0.4, -0.2) is 49.7 Å². The lowest BCUT2D eigenvalue weighted by atomic mass is 10.2. The van der Waals surface area contributed by atoms with Crippen molar-refractivity contribution in [1.29, 1.82) is 0 Å². The number of amides is 1. The van der Waals surface area contributed by atoms with Crippen LogP contribution in [0.2, 0.25) is 5.02 Å². The number of sulfonamides is 1. The number of hydrogen-bond acceptors (Lipinski definition) is 3. The Hall–Kier alpha value is -2.22. The molecule has 1 amide bonds. The number of halogens is 2. The van der Waals surface area contributed by atoms with E-state index in [1.807, 2.05) is 6.07 Å². The molecule has 142 valence electrons. The molecule has 2 aromatic carbocycles. The van der Waals surface area contributed by atoms with Crippen molar-refractivity contribution in [2.45, 2.75) is 4.90 Å². The van der Waals surface area contributed by atoms with Gasteiger partial charge in [0.25, 0.3) is 0 Å². The van der Waals surface area contributed by atoms with Crippen molar-refractivity contribution >= 4 is 33.6 Å². The van der Waals surface area contributed by atoms with E-state index in [0.29, 0.717) is 5.02 Å². The summed E-state index contributed by atoms with van der Waals surface area (Å²) in [6.07, 6.45) is 3.05. The van der Waals surface area contributed by atoms with Gasteiger partial charge < -0.3 is 4.90 Å². The van der Waals surface area contributed by atoms with Crippen molar-refractivity contribution in [3.8, 4) is 0 Å². The third-order valence-electron chi connectivity index (χ3n) is 4.32. The Labute approximate surface area is 162 Å². The first-order valence-corrected chi connectivity index (χ1v) is 10.2. The Morgan fingerprint density at radius 1 is 1.00 bits per heavy atom. The fourth-order valence-electron chi connectivity index (χ4n) is 2.82. The molecule has 1 aliphatic rings. The van der Waals surface area contributed by atoms with E-state index in [2.05, 4.69) is 0 Å². The standard InChI is InChI=1S/C19H18ClFN2O3S/c20-16-6-2-1-5-15(16)9-10-19(24)22-11-13-23(14-12-22)27(25,26)18-8-4-3-7-17(18)21/h1-10H,11-14H2. The number of piperazine rings is 1. The zero-order valence-electron chi connectivity index (χ0n) is 14.4. The molecule has 0 saturated carbocycles. The summed E-state index contributed by atoms with van der Waals surface area (Å²) in [7, 11) is -3.92. The number of nitrogens with zero attached hydrogens (tertiary/aromatic N) is 2. The highest BCUT2D eigenvalue weighted by Crippen LogP contribution is 2.21. The number of carbonyl (C=O) groups is 1. The SMILES string of the molecule is O=C(C=Cc1ccccc1Cl)N1CCN(S(=O)(=O)c2ccccc2F)CC1. The monoisotopic (exact) mass is 408 g/mol. The maximum atomic E-state index is 13.8. The lowest BCUT2D eigenvalue weighted by Gasteiger charge is -2.33. The van der Waals surface area contributed by atoms with E-state index < -0.39 is 15.8 Å². The van der Waals surface area contributed by atoms with Gasteiger partial charge in [0, 0.05) is 37.3 Å². The van der Waals surface area contributed by atoms with Gasteiger partial charge in [0.15, 0.2) is 0 Å². The molecule has 1 aliphatic heterocycles. The Balaban J connectivity index is 1.64. The molecule has 0 N–H and O–H groups in total. The van der Waals surface area contributed by atoms with E-state index in [4.69, 9.17) is 11.6 Å². The summed E-state index contributed by atoms with van der Waals surface area (Å²) in [5.74, 6) is -1.00. The molecular weight excluding hydrogens is 391 g/mol. The van der Waals surface area contributed by atoms with Crippen LogP contribution >= 0.6 is 11.6 Å². The second-order valence-corrected chi connectivity index (χ2v) is 8.33. The van der Waals surface area contributed by atoms with Gasteiger partial charge in [-0.1, -0.05) is 41.9 Å². The van der Waals surface area contributed by atoms with Crippen molar-refractivity contribution in [2.24, 2.45) is 0 Å². The van der Waals surface area contributed by atoms with Crippen LogP contribution in [0.15, 0.2) is 59.5 Å². The van der Waals surface area contributed by atoms with Crippen LogP contribution in [0.5, 0.6) is 0 Å². The highest BCUT2D eigenvalue weighted by atomic mass is 35.5. The van der Waals surface area contributed by atoms with E-state index >= 15 is 0 Å². The molecule has 1 fully saturated rings. The molecule has 5 nitrogen and oxygen atoms in total. The zero-order valence-corrected chi connectivity index (χ0v) is 16.0. The van der Waals surface area contributed by atoms with Crippen LogP contribution in [0.25, 0.3) is 6.08 Å². The summed E-state index contributed by atoms with van der Waals surface area (Å²) in [4.78, 5) is 13.5. The number of carbonyl (C=O) groups excluding carboxylic acids is 1. The minimum Gasteiger partial charge on any atom is -0.337 e. The molecule has 0 unspecified atom stereocenters. The lowest BCUT2D eigenvalue weighted by Crippen LogP contribution is -2.50. The highest BCUT2D eigenvalue weighted by molar-refractivity contribution is 7.89. The van der Waals surface area contributed by atoms with Crippen molar-refractivity contribution in [2.75, 3.05) is 26.2 Å². The lowest BCUT2D eigenvalue weighted by molar-refractivity contribution is -0.127. The van der Waals surface area contributed by atoms with Crippen LogP contribution in [0.4, 0.5) is 4.39 Å². The second kappa shape index (κ2) is 8.21. The fourth-order valence-corrected chi connectivity index (χ4v) is 4.50. The molecule has 0 aliphatic carbocycles. The molecule has 1 heterocycles. The summed E-state index contributed by atoms with van der Waals surface area (Å²) >= 11 is 6.05. The van der Waals surface area contributed by atoms with E-state index in [9.17, 15) is 17.6 Å². The maximum absolute atomic E-state index is 13.8. The van der Waals surface area contributed by atoms with Crippen LogP contribution in [0, 0.1) is 5.82 Å². The molecule has 0 radical (unpaired) electrons. The minimum atomic E-state index is -3.92. The third-order valence-corrected chi connectivity index (χ3v) is 6.59. The van der Waals surface area contributed by atoms with Gasteiger partial charge >= 0.3 is 0 Å². The van der Waals surface area contributed by atoms with Crippen LogP contribution in [-0.2, 0) is 14.8 Å². The van der Waals surface area contributed by atoms with E-state index in [1.165, 1.54) is 28.6 Å². The van der Waals surface area contributed by atoms with Gasteiger partial charge in [0.05, 0.1) is 0 Å². The van der Waals surface area contributed by atoms with Gasteiger partial charge in [-0.05, 0) is 29.8 Å². The fraction of sp³-hybridized carbons (Fsp3) is 0.211. The van der Waals surface area contributed by atoms with Crippen LogP contribution in [0.3, 0.4) is 0 Å². The maximum Gasteiger partial charge on any atom is 0.246 e. The quantitative estimate of drug-likeness (QED) is 0.731. The Morgan fingerprint density at radius 2 is 1.63 bits per heavy atom. The third kappa shape index (κ3) is 4.37. The predicted molar refractivity (Wildman–Crippen MR) is 102 cm³/mol. The van der Waals surface area contributed by atoms with E-state index in [1.54, 1.807) is 29.2 Å². The summed E-state index contributed by atoms with van der Waals surface area (Å²) in [6.45, 7) is 0.698. The molecule has 0 aromatic heterocycles. The first-order valence-electron chi connectivity index (χ1n) is 8.36. The summed E-state index contributed by atoms with van der Waals surface area (Å²) in [5.41, 5.74) is 0.730. The summed E-state index contributed by atoms with van der Waals surface area (Å²) in [5, 5.41) is 0.544. The molecule has 2 aromatic rings. The molecule has 0 bridgehead atoms. The minimum absolute atomic E-state index is 0.113. The van der Waals surface area contributed by atoms with Gasteiger partial charge in [-0.3, -0.25) is 4.79 Å². The molecule has 0 spiro atoms. The molecular formula is C19H18ClFN2O3S. The Morgan fingerprint density at radius 3 is 2.30 bits per heavy atom. The van der Waals surface area contributed by atoms with Gasteiger partial charge in [-0.2, -0.15) is 4.31 Å². The van der Waals surface area contributed by atoms with Gasteiger partial charge in [-0.25, -0.2) is 12.8 Å². The average molecular weight is 409 g/mol. The smallest absolute Gasteiger partial charge is 0.246 e. The van der Waals surface area contributed by atoms with Crippen LogP contribution in [0.1, 0.15) is 5.56 Å². The second-order valence-electron chi connectivity index (χ2n) is 6.01. The zero-order chi connectivity index (χ0) is 19.4. The molecule has 0 atom stereocenters. The Bertz CT molecular complexity index is 970. The number of hydrogen-bond donors (Lipinski definition) is 0. The topological polar surface area (TPSA) is 57.7 Å². The van der Waals surface area contributed by atoms with Crippen LogP contribution < -0.4 is 0 Å². The number of rotatable bonds is 4. The number of benzene rings is 2. The van der Waals surface area contributed by atoms with E-state index in [0.717, 1.165) is 11.6 Å². The molecule has 3 rings (SSSR count). The van der Waals surface area contributed by atoms with Gasteiger partial charge in [-0.15, -0.1) is 0 Å². The molecule has 8 heteroatoms.